The van der Waals surface area contributed by atoms with Crippen LogP contribution in [0.1, 0.15) is 56.7 Å². The zero-order valence-corrected chi connectivity index (χ0v) is 18.0. The van der Waals surface area contributed by atoms with E-state index in [0.29, 0.717) is 12.8 Å². The molecule has 2 rings (SSSR count). The van der Waals surface area contributed by atoms with E-state index in [-0.39, 0.29) is 40.0 Å². The Labute approximate surface area is 179 Å². The van der Waals surface area contributed by atoms with Crippen LogP contribution >= 0.6 is 0 Å². The van der Waals surface area contributed by atoms with Crippen LogP contribution in [0.5, 0.6) is 11.6 Å². The Hall–Kier alpha value is -3.74. The SMILES string of the molecule is CCCCC(CC)n1c(O)c(/N=N/c2ccc(OC)cc2[N+](=O)[O-])c(C)c(C#N)c1=O. The Kier molecular flexibility index (Phi) is 7.85. The zero-order valence-electron chi connectivity index (χ0n) is 18.0. The Morgan fingerprint density at radius 1 is 1.35 bits per heavy atom. The number of aromatic nitrogens is 1. The van der Waals surface area contributed by atoms with Crippen molar-refractivity contribution in [2.24, 2.45) is 10.2 Å². The number of unbranched alkanes of at least 4 members (excludes halogenated alkanes) is 1. The van der Waals surface area contributed by atoms with E-state index in [0.717, 1.165) is 12.8 Å². The Morgan fingerprint density at radius 2 is 2.06 bits per heavy atom. The number of rotatable bonds is 9. The van der Waals surface area contributed by atoms with Gasteiger partial charge in [-0.05, 0) is 31.9 Å². The Balaban J connectivity index is 2.67. The lowest BCUT2D eigenvalue weighted by Crippen LogP contribution is -2.27. The Morgan fingerprint density at radius 3 is 2.61 bits per heavy atom. The minimum atomic E-state index is -0.622. The van der Waals surface area contributed by atoms with Crippen LogP contribution in [-0.2, 0) is 0 Å². The number of nitro benzene ring substituents is 1. The van der Waals surface area contributed by atoms with Gasteiger partial charge >= 0.3 is 0 Å². The highest BCUT2D eigenvalue weighted by Gasteiger charge is 2.24. The first-order chi connectivity index (χ1) is 14.8. The molecule has 0 aliphatic rings. The second-order valence-corrected chi connectivity index (χ2v) is 6.98. The molecule has 0 saturated heterocycles. The summed E-state index contributed by atoms with van der Waals surface area (Å²) in [6.45, 7) is 5.39. The van der Waals surface area contributed by atoms with Crippen molar-refractivity contribution in [2.45, 2.75) is 52.5 Å². The molecule has 0 spiro atoms. The van der Waals surface area contributed by atoms with Gasteiger partial charge in [0.1, 0.15) is 17.4 Å². The highest BCUT2D eigenvalue weighted by Crippen LogP contribution is 2.37. The fraction of sp³-hybridized carbons (Fsp3) is 0.429. The summed E-state index contributed by atoms with van der Waals surface area (Å²) in [4.78, 5) is 23.6. The predicted octanol–water partition coefficient (Wildman–Crippen LogP) is 5.21. The van der Waals surface area contributed by atoms with Crippen LogP contribution in [0, 0.1) is 28.4 Å². The first kappa shape index (κ1) is 23.5. The van der Waals surface area contributed by atoms with Crippen LogP contribution in [0.2, 0.25) is 0 Å². The van der Waals surface area contributed by atoms with Gasteiger partial charge in [-0.1, -0.05) is 26.7 Å². The molecule has 2 aromatic rings. The number of benzene rings is 1. The maximum atomic E-state index is 12.9. The summed E-state index contributed by atoms with van der Waals surface area (Å²) in [6, 6.07) is 5.63. The standard InChI is InChI=1S/C21H25N5O5/c1-5-7-8-14(6-2)25-20(27)16(12-22)13(3)19(21(25)28)24-23-17-10-9-15(31-4)11-18(17)26(29)30/h9-11,14,28H,5-8H2,1-4H3/b24-23+. The van der Waals surface area contributed by atoms with E-state index < -0.39 is 16.4 Å². The van der Waals surface area contributed by atoms with Crippen LogP contribution in [-0.4, -0.2) is 21.7 Å². The number of nitrogens with zero attached hydrogens (tertiary/aromatic N) is 5. The highest BCUT2D eigenvalue weighted by molar-refractivity contribution is 5.62. The summed E-state index contributed by atoms with van der Waals surface area (Å²) < 4.78 is 6.18. The first-order valence-corrected chi connectivity index (χ1v) is 9.92. The molecule has 10 nitrogen and oxygen atoms in total. The lowest BCUT2D eigenvalue weighted by molar-refractivity contribution is -0.384. The molecule has 1 N–H and O–H groups in total. The van der Waals surface area contributed by atoms with Gasteiger partial charge in [-0.3, -0.25) is 19.5 Å². The van der Waals surface area contributed by atoms with Crippen LogP contribution in [0.3, 0.4) is 0 Å². The molecule has 1 heterocycles. The number of aromatic hydroxyl groups is 1. The van der Waals surface area contributed by atoms with E-state index >= 15 is 0 Å². The highest BCUT2D eigenvalue weighted by atomic mass is 16.6. The smallest absolute Gasteiger partial charge is 0.300 e. The largest absolute Gasteiger partial charge is 0.496 e. The molecule has 0 bridgehead atoms. The lowest BCUT2D eigenvalue weighted by Gasteiger charge is -2.21. The molecule has 0 fully saturated rings. The maximum Gasteiger partial charge on any atom is 0.300 e. The molecule has 0 aliphatic carbocycles. The predicted molar refractivity (Wildman–Crippen MR) is 114 cm³/mol. The van der Waals surface area contributed by atoms with Crippen LogP contribution in [0.4, 0.5) is 17.1 Å². The number of hydrogen-bond donors (Lipinski definition) is 1. The minimum Gasteiger partial charge on any atom is -0.496 e. The van der Waals surface area contributed by atoms with Gasteiger partial charge in [0.2, 0.25) is 5.88 Å². The number of pyridine rings is 1. The molecule has 0 amide bonds. The molecule has 0 radical (unpaired) electrons. The molecule has 164 valence electrons. The number of methoxy groups -OCH3 is 1. The van der Waals surface area contributed by atoms with E-state index in [4.69, 9.17) is 4.74 Å². The van der Waals surface area contributed by atoms with Crippen molar-refractivity contribution in [1.82, 2.24) is 4.57 Å². The number of nitro groups is 1. The van der Waals surface area contributed by atoms with Crippen molar-refractivity contribution >= 4 is 17.1 Å². The third-order valence-corrected chi connectivity index (χ3v) is 5.08. The van der Waals surface area contributed by atoms with Crippen LogP contribution in [0.15, 0.2) is 33.2 Å². The molecule has 1 aromatic carbocycles. The number of nitriles is 1. The second kappa shape index (κ2) is 10.3. The molecule has 0 saturated carbocycles. The lowest BCUT2D eigenvalue weighted by atomic mass is 10.0. The van der Waals surface area contributed by atoms with Gasteiger partial charge in [-0.15, -0.1) is 10.2 Å². The number of ether oxygens (including phenoxy) is 1. The van der Waals surface area contributed by atoms with Crippen molar-refractivity contribution in [1.29, 1.82) is 5.26 Å². The average Bonchev–Trinajstić information content (AvgIpc) is 2.76. The van der Waals surface area contributed by atoms with Crippen molar-refractivity contribution in [3.05, 3.63) is 49.8 Å². The minimum absolute atomic E-state index is 0.0566. The van der Waals surface area contributed by atoms with Gasteiger partial charge in [-0.25, -0.2) is 0 Å². The summed E-state index contributed by atoms with van der Waals surface area (Å²) in [5.41, 5.74) is -1.04. The molecule has 1 aromatic heterocycles. The zero-order chi connectivity index (χ0) is 23.1. The first-order valence-electron chi connectivity index (χ1n) is 9.92. The van der Waals surface area contributed by atoms with E-state index in [2.05, 4.69) is 10.2 Å². The van der Waals surface area contributed by atoms with Gasteiger partial charge in [0, 0.05) is 11.6 Å². The fourth-order valence-electron chi connectivity index (χ4n) is 3.29. The maximum absolute atomic E-state index is 12.9. The van der Waals surface area contributed by atoms with Gasteiger partial charge in [0.25, 0.3) is 11.2 Å². The number of hydrogen-bond acceptors (Lipinski definition) is 8. The summed E-state index contributed by atoms with van der Waals surface area (Å²) in [5.74, 6) is -0.129. The van der Waals surface area contributed by atoms with Crippen LogP contribution < -0.4 is 10.3 Å². The molecule has 31 heavy (non-hydrogen) atoms. The van der Waals surface area contributed by atoms with Crippen molar-refractivity contribution in [3.8, 4) is 17.7 Å². The molecule has 0 aliphatic heterocycles. The molecule has 1 atom stereocenters. The third kappa shape index (κ3) is 4.88. The quantitative estimate of drug-likeness (QED) is 0.330. The van der Waals surface area contributed by atoms with Crippen LogP contribution in [0.25, 0.3) is 0 Å². The van der Waals surface area contributed by atoms with Gasteiger partial charge < -0.3 is 9.84 Å². The summed E-state index contributed by atoms with van der Waals surface area (Å²) >= 11 is 0. The van der Waals surface area contributed by atoms with E-state index in [1.54, 1.807) is 0 Å². The normalized spacial score (nSPS) is 12.0. The van der Waals surface area contributed by atoms with Crippen molar-refractivity contribution < 1.29 is 14.8 Å². The van der Waals surface area contributed by atoms with E-state index in [1.165, 1.54) is 36.8 Å². The Bertz CT molecular complexity index is 1100. The van der Waals surface area contributed by atoms with Crippen molar-refractivity contribution in [2.75, 3.05) is 7.11 Å². The molecular formula is C21H25N5O5. The monoisotopic (exact) mass is 427 g/mol. The molecule has 1 unspecified atom stereocenters. The summed E-state index contributed by atoms with van der Waals surface area (Å²) in [7, 11) is 1.39. The van der Waals surface area contributed by atoms with Gasteiger partial charge in [0.05, 0.1) is 18.1 Å². The number of azo groups is 1. The molecular weight excluding hydrogens is 402 g/mol. The second-order valence-electron chi connectivity index (χ2n) is 6.98. The topological polar surface area (TPSA) is 143 Å². The van der Waals surface area contributed by atoms with Gasteiger partial charge in [-0.2, -0.15) is 5.26 Å². The third-order valence-electron chi connectivity index (χ3n) is 5.08. The summed E-state index contributed by atoms with van der Waals surface area (Å²) in [5, 5.41) is 39.7. The van der Waals surface area contributed by atoms with Crippen molar-refractivity contribution in [3.63, 3.8) is 0 Å². The average molecular weight is 427 g/mol. The van der Waals surface area contributed by atoms with Gasteiger partial charge in [0.15, 0.2) is 11.4 Å². The fourth-order valence-corrected chi connectivity index (χ4v) is 3.29. The summed E-state index contributed by atoms with van der Waals surface area (Å²) in [6.07, 6.45) is 2.97. The van der Waals surface area contributed by atoms with E-state index in [9.17, 15) is 25.3 Å². The molecule has 10 heteroatoms. The van der Waals surface area contributed by atoms with E-state index in [1.807, 2.05) is 19.9 Å².